The van der Waals surface area contributed by atoms with Crippen LogP contribution in [-0.2, 0) is 6.18 Å². The highest BCUT2D eigenvalue weighted by molar-refractivity contribution is 6.30. The van der Waals surface area contributed by atoms with Crippen LogP contribution in [0.5, 0.6) is 0 Å². The second-order valence-electron chi connectivity index (χ2n) is 5.29. The number of nitrogens with two attached hydrogens (primary N) is 1. The van der Waals surface area contributed by atoms with Crippen LogP contribution in [0.3, 0.4) is 0 Å². The van der Waals surface area contributed by atoms with Gasteiger partial charge in [-0.2, -0.15) is 13.2 Å². The number of rotatable bonds is 4. The number of hydrogen-bond acceptors (Lipinski definition) is 5. The van der Waals surface area contributed by atoms with E-state index in [0.717, 1.165) is 6.07 Å². The number of nitrogens with one attached hydrogen (secondary N) is 2. The SMILES string of the molecule is Nc1c(Nc2cccc(Cl)c2)ncnc1Nc1ccccc1C(F)(F)F. The number of anilines is 5. The highest BCUT2D eigenvalue weighted by Gasteiger charge is 2.33. The zero-order valence-electron chi connectivity index (χ0n) is 13.2. The Balaban J connectivity index is 1.91. The number of nitrogen functional groups attached to an aromatic ring is 1. The molecule has 3 rings (SSSR count). The molecular formula is C17H13ClF3N5. The largest absolute Gasteiger partial charge is 0.418 e. The third kappa shape index (κ3) is 3.97. The average Bonchev–Trinajstić information content (AvgIpc) is 2.58. The summed E-state index contributed by atoms with van der Waals surface area (Å²) in [4.78, 5) is 7.96. The lowest BCUT2D eigenvalue weighted by Gasteiger charge is -2.16. The monoisotopic (exact) mass is 379 g/mol. The minimum absolute atomic E-state index is 0.0567. The third-order valence-corrected chi connectivity index (χ3v) is 3.69. The first-order valence-corrected chi connectivity index (χ1v) is 7.78. The highest BCUT2D eigenvalue weighted by Crippen LogP contribution is 2.37. The third-order valence-electron chi connectivity index (χ3n) is 3.46. The molecule has 0 spiro atoms. The van der Waals surface area contributed by atoms with Crippen molar-refractivity contribution in [3.8, 4) is 0 Å². The Morgan fingerprint density at radius 1 is 0.923 bits per heavy atom. The zero-order chi connectivity index (χ0) is 18.7. The predicted molar refractivity (Wildman–Crippen MR) is 95.9 cm³/mol. The molecule has 0 saturated carbocycles. The lowest BCUT2D eigenvalue weighted by molar-refractivity contribution is -0.136. The number of halogens is 4. The molecule has 0 atom stereocenters. The van der Waals surface area contributed by atoms with E-state index in [1.807, 2.05) is 0 Å². The zero-order valence-corrected chi connectivity index (χ0v) is 13.9. The second kappa shape index (κ2) is 7.09. The first-order valence-electron chi connectivity index (χ1n) is 7.41. The highest BCUT2D eigenvalue weighted by atomic mass is 35.5. The van der Waals surface area contributed by atoms with Gasteiger partial charge < -0.3 is 16.4 Å². The van der Waals surface area contributed by atoms with Gasteiger partial charge in [-0.25, -0.2) is 9.97 Å². The van der Waals surface area contributed by atoms with Crippen molar-refractivity contribution >= 4 is 40.3 Å². The number of aromatic nitrogens is 2. The van der Waals surface area contributed by atoms with Gasteiger partial charge in [0.1, 0.15) is 12.0 Å². The van der Waals surface area contributed by atoms with E-state index in [0.29, 0.717) is 10.7 Å². The smallest absolute Gasteiger partial charge is 0.393 e. The van der Waals surface area contributed by atoms with Crippen LogP contribution in [0.15, 0.2) is 54.9 Å². The number of benzene rings is 2. The Kier molecular flexibility index (Phi) is 4.85. The van der Waals surface area contributed by atoms with Crippen LogP contribution >= 0.6 is 11.6 Å². The van der Waals surface area contributed by atoms with Crippen LogP contribution in [0, 0.1) is 0 Å². The van der Waals surface area contributed by atoms with Gasteiger partial charge in [0, 0.05) is 10.7 Å². The van der Waals surface area contributed by atoms with Gasteiger partial charge in [-0.15, -0.1) is 0 Å². The van der Waals surface area contributed by atoms with Crippen LogP contribution < -0.4 is 16.4 Å². The van der Waals surface area contributed by atoms with Crippen molar-refractivity contribution in [3.63, 3.8) is 0 Å². The summed E-state index contributed by atoms with van der Waals surface area (Å²) >= 11 is 5.93. The molecule has 26 heavy (non-hydrogen) atoms. The number of hydrogen-bond donors (Lipinski definition) is 3. The van der Waals surface area contributed by atoms with E-state index in [2.05, 4.69) is 20.6 Å². The first-order chi connectivity index (χ1) is 12.3. The van der Waals surface area contributed by atoms with Crippen LogP contribution in [-0.4, -0.2) is 9.97 Å². The summed E-state index contributed by atoms with van der Waals surface area (Å²) in [6.07, 6.45) is -3.31. The van der Waals surface area contributed by atoms with Gasteiger partial charge in [-0.1, -0.05) is 29.8 Å². The summed E-state index contributed by atoms with van der Waals surface area (Å²) in [6.45, 7) is 0. The van der Waals surface area contributed by atoms with Gasteiger partial charge in [-0.3, -0.25) is 0 Å². The van der Waals surface area contributed by atoms with E-state index in [9.17, 15) is 13.2 Å². The van der Waals surface area contributed by atoms with Crippen LogP contribution in [0.25, 0.3) is 0 Å². The predicted octanol–water partition coefficient (Wildman–Crippen LogP) is 5.22. The summed E-state index contributed by atoms with van der Waals surface area (Å²) < 4.78 is 39.4. The molecule has 0 unspecified atom stereocenters. The van der Waals surface area contributed by atoms with Gasteiger partial charge in [0.15, 0.2) is 11.6 Å². The lowest BCUT2D eigenvalue weighted by atomic mass is 10.1. The van der Waals surface area contributed by atoms with Gasteiger partial charge in [0.05, 0.1) is 11.3 Å². The Bertz CT molecular complexity index is 930. The molecule has 9 heteroatoms. The van der Waals surface area contributed by atoms with Crippen molar-refractivity contribution in [3.05, 3.63) is 65.4 Å². The second-order valence-corrected chi connectivity index (χ2v) is 5.72. The molecule has 0 aliphatic rings. The summed E-state index contributed by atoms with van der Waals surface area (Å²) in [6, 6.07) is 11.9. The van der Waals surface area contributed by atoms with Crippen LogP contribution in [0.1, 0.15) is 5.56 Å². The minimum Gasteiger partial charge on any atom is -0.393 e. The van der Waals surface area contributed by atoms with E-state index in [1.165, 1.54) is 24.5 Å². The Hall–Kier alpha value is -3.00. The van der Waals surface area contributed by atoms with Gasteiger partial charge >= 0.3 is 6.18 Å². The van der Waals surface area contributed by atoms with Crippen molar-refractivity contribution in [2.24, 2.45) is 0 Å². The van der Waals surface area contributed by atoms with Crippen molar-refractivity contribution in [2.45, 2.75) is 6.18 Å². The topological polar surface area (TPSA) is 75.9 Å². The molecule has 0 radical (unpaired) electrons. The van der Waals surface area contributed by atoms with Crippen LogP contribution in [0.2, 0.25) is 5.02 Å². The number of para-hydroxylation sites is 1. The lowest BCUT2D eigenvalue weighted by Crippen LogP contribution is -2.10. The van der Waals surface area contributed by atoms with Crippen molar-refractivity contribution in [2.75, 3.05) is 16.4 Å². The Morgan fingerprint density at radius 3 is 2.31 bits per heavy atom. The molecule has 0 bridgehead atoms. The van der Waals surface area contributed by atoms with Gasteiger partial charge in [-0.05, 0) is 30.3 Å². The van der Waals surface area contributed by atoms with E-state index in [4.69, 9.17) is 17.3 Å². The molecule has 0 amide bonds. The summed E-state index contributed by atoms with van der Waals surface area (Å²) in [5.41, 5.74) is 5.74. The fraction of sp³-hybridized carbons (Fsp3) is 0.0588. The van der Waals surface area contributed by atoms with Crippen molar-refractivity contribution in [1.29, 1.82) is 0 Å². The standard InChI is InChI=1S/C17H13ClF3N5/c18-10-4-3-5-11(8-10)25-15-14(22)16(24-9-23-15)26-13-7-2-1-6-12(13)17(19,20)21/h1-9H,22H2,(H2,23,24,25,26). The maximum Gasteiger partial charge on any atom is 0.418 e. The van der Waals surface area contributed by atoms with Gasteiger partial charge in [0.25, 0.3) is 0 Å². The fourth-order valence-corrected chi connectivity index (χ4v) is 2.45. The molecule has 2 aromatic carbocycles. The summed E-state index contributed by atoms with van der Waals surface area (Å²) in [7, 11) is 0. The number of nitrogens with zero attached hydrogens (tertiary/aromatic N) is 2. The molecule has 0 aliphatic carbocycles. The molecular weight excluding hydrogens is 367 g/mol. The molecule has 134 valence electrons. The molecule has 0 fully saturated rings. The molecule has 1 aromatic heterocycles. The van der Waals surface area contributed by atoms with Gasteiger partial charge in [0.2, 0.25) is 0 Å². The molecule has 3 aromatic rings. The average molecular weight is 380 g/mol. The van der Waals surface area contributed by atoms with E-state index in [-0.39, 0.29) is 23.0 Å². The van der Waals surface area contributed by atoms with Crippen LogP contribution in [0.4, 0.5) is 41.9 Å². The van der Waals surface area contributed by atoms with Crippen molar-refractivity contribution in [1.82, 2.24) is 9.97 Å². The molecule has 5 nitrogen and oxygen atoms in total. The van der Waals surface area contributed by atoms with E-state index >= 15 is 0 Å². The van der Waals surface area contributed by atoms with Crippen molar-refractivity contribution < 1.29 is 13.2 Å². The Morgan fingerprint density at radius 2 is 1.62 bits per heavy atom. The normalized spacial score (nSPS) is 11.2. The first kappa shape index (κ1) is 17.8. The number of alkyl halides is 3. The molecule has 1 heterocycles. The quantitative estimate of drug-likeness (QED) is 0.579. The summed E-state index contributed by atoms with van der Waals surface area (Å²) in [5.74, 6) is 0.301. The molecule has 4 N–H and O–H groups in total. The molecule has 0 saturated heterocycles. The van der Waals surface area contributed by atoms with E-state index < -0.39 is 11.7 Å². The van der Waals surface area contributed by atoms with E-state index in [1.54, 1.807) is 24.3 Å². The minimum atomic E-state index is -4.51. The Labute approximate surface area is 152 Å². The molecule has 0 aliphatic heterocycles. The maximum atomic E-state index is 13.1. The fourth-order valence-electron chi connectivity index (χ4n) is 2.26. The summed E-state index contributed by atoms with van der Waals surface area (Å²) in [5, 5.41) is 6.10. The maximum absolute atomic E-state index is 13.1.